The molecule has 0 fully saturated rings. The Hall–Kier alpha value is -3.37. The summed E-state index contributed by atoms with van der Waals surface area (Å²) >= 11 is 3.36. The van der Waals surface area contributed by atoms with Gasteiger partial charge in [-0.2, -0.15) is 0 Å². The van der Waals surface area contributed by atoms with Crippen molar-refractivity contribution >= 4 is 43.5 Å². The summed E-state index contributed by atoms with van der Waals surface area (Å²) in [5.41, 5.74) is 2.12. The molecule has 3 rings (SSSR count). The van der Waals surface area contributed by atoms with Gasteiger partial charge in [-0.3, -0.25) is 13.9 Å². The van der Waals surface area contributed by atoms with E-state index in [0.29, 0.717) is 28.9 Å². The first-order valence-electron chi connectivity index (χ1n) is 13.2. The number of nitrogens with zero attached hydrogens (tertiary/aromatic N) is 2. The van der Waals surface area contributed by atoms with Crippen molar-refractivity contribution in [2.24, 2.45) is 0 Å². The zero-order valence-corrected chi connectivity index (χ0v) is 25.7. The number of benzene rings is 3. The number of amides is 2. The van der Waals surface area contributed by atoms with E-state index in [-0.39, 0.29) is 17.3 Å². The lowest BCUT2D eigenvalue weighted by Gasteiger charge is -2.33. The molecule has 0 aliphatic heterocycles. The highest BCUT2D eigenvalue weighted by Gasteiger charge is 2.33. The number of ether oxygens (including phenoxy) is 1. The van der Waals surface area contributed by atoms with E-state index in [1.807, 2.05) is 51.1 Å². The average Bonchev–Trinajstić information content (AvgIpc) is 2.95. The molecule has 0 saturated heterocycles. The van der Waals surface area contributed by atoms with Crippen LogP contribution in [-0.4, -0.2) is 51.4 Å². The van der Waals surface area contributed by atoms with Crippen LogP contribution in [-0.2, 0) is 26.2 Å². The number of halogens is 1. The summed E-state index contributed by atoms with van der Waals surface area (Å²) < 4.78 is 34.9. The van der Waals surface area contributed by atoms with Gasteiger partial charge in [0, 0.05) is 13.1 Å². The average molecular weight is 631 g/mol. The molecule has 0 unspecified atom stereocenters. The molecule has 0 bridgehead atoms. The van der Waals surface area contributed by atoms with Crippen molar-refractivity contribution in [2.45, 2.75) is 51.1 Å². The number of nitrogens with one attached hydrogen (secondary N) is 1. The third-order valence-corrected chi connectivity index (χ3v) is 8.83. The molecular formula is C30H36BrN3O5S. The number of sulfonamides is 1. The van der Waals surface area contributed by atoms with Gasteiger partial charge in [0.1, 0.15) is 18.3 Å². The minimum absolute atomic E-state index is 0.00381. The molecule has 1 atom stereocenters. The number of aryl methyl sites for hydroxylation is 1. The van der Waals surface area contributed by atoms with Crippen LogP contribution in [0.2, 0.25) is 0 Å². The number of carbonyl (C=O) groups excluding carboxylic acids is 2. The Kier molecular flexibility index (Phi) is 11.2. The van der Waals surface area contributed by atoms with Crippen molar-refractivity contribution < 1.29 is 22.7 Å². The fourth-order valence-corrected chi connectivity index (χ4v) is 6.37. The van der Waals surface area contributed by atoms with E-state index in [0.717, 1.165) is 21.9 Å². The zero-order chi connectivity index (χ0) is 29.3. The minimum atomic E-state index is -4.18. The highest BCUT2D eigenvalue weighted by atomic mass is 79.9. The molecule has 10 heteroatoms. The van der Waals surface area contributed by atoms with Crippen molar-refractivity contribution in [3.63, 3.8) is 0 Å². The highest BCUT2D eigenvalue weighted by Crippen LogP contribution is 2.31. The predicted molar refractivity (Wildman–Crippen MR) is 161 cm³/mol. The Balaban J connectivity index is 2.06. The fourth-order valence-electron chi connectivity index (χ4n) is 4.24. The Bertz CT molecular complexity index is 1400. The number of hydrogen-bond donors (Lipinski definition) is 1. The second kappa shape index (κ2) is 14.3. The monoisotopic (exact) mass is 629 g/mol. The van der Waals surface area contributed by atoms with Gasteiger partial charge in [-0.05, 0) is 71.6 Å². The van der Waals surface area contributed by atoms with Crippen molar-refractivity contribution in [2.75, 3.05) is 24.5 Å². The number of rotatable bonds is 13. The van der Waals surface area contributed by atoms with Crippen LogP contribution < -0.4 is 14.4 Å². The Labute approximate surface area is 245 Å². The first-order chi connectivity index (χ1) is 19.1. The van der Waals surface area contributed by atoms with Crippen LogP contribution in [0.15, 0.2) is 82.2 Å². The number of methoxy groups -OCH3 is 1. The largest absolute Gasteiger partial charge is 0.496 e. The summed E-state index contributed by atoms with van der Waals surface area (Å²) in [4.78, 5) is 28.6. The van der Waals surface area contributed by atoms with Gasteiger partial charge in [0.15, 0.2) is 0 Å². The van der Waals surface area contributed by atoms with Gasteiger partial charge in [-0.15, -0.1) is 0 Å². The molecule has 0 aromatic heterocycles. The lowest BCUT2D eigenvalue weighted by molar-refractivity contribution is -0.140. The summed E-state index contributed by atoms with van der Waals surface area (Å²) in [6.07, 6.45) is 1.13. The van der Waals surface area contributed by atoms with Crippen molar-refractivity contribution in [1.82, 2.24) is 10.2 Å². The predicted octanol–water partition coefficient (Wildman–Crippen LogP) is 5.30. The summed E-state index contributed by atoms with van der Waals surface area (Å²) in [6.45, 7) is 5.85. The van der Waals surface area contributed by atoms with Gasteiger partial charge in [-0.25, -0.2) is 8.42 Å². The SMILES string of the molecule is CCCNC(=O)[C@@H](CC)N(Cc1ccccc1)C(=O)CN(c1ccc(C)cc1)S(=O)(=O)c1ccc(OC)c(Br)c1. The van der Waals surface area contributed by atoms with Crippen LogP contribution >= 0.6 is 15.9 Å². The number of anilines is 1. The Morgan fingerprint density at radius 3 is 2.25 bits per heavy atom. The quantitative estimate of drug-likeness (QED) is 0.277. The molecule has 3 aromatic rings. The van der Waals surface area contributed by atoms with Gasteiger partial charge >= 0.3 is 0 Å². The van der Waals surface area contributed by atoms with Gasteiger partial charge in [0.05, 0.1) is 22.2 Å². The van der Waals surface area contributed by atoms with E-state index in [2.05, 4.69) is 21.2 Å². The van der Waals surface area contributed by atoms with E-state index in [4.69, 9.17) is 4.74 Å². The molecule has 3 aromatic carbocycles. The molecule has 40 heavy (non-hydrogen) atoms. The van der Waals surface area contributed by atoms with Crippen LogP contribution in [0, 0.1) is 6.92 Å². The van der Waals surface area contributed by atoms with Crippen LogP contribution in [0.3, 0.4) is 0 Å². The van der Waals surface area contributed by atoms with E-state index < -0.39 is 28.5 Å². The van der Waals surface area contributed by atoms with Crippen LogP contribution in [0.4, 0.5) is 5.69 Å². The maximum atomic E-state index is 14.0. The van der Waals surface area contributed by atoms with Gasteiger partial charge in [-0.1, -0.05) is 61.9 Å². The van der Waals surface area contributed by atoms with Crippen molar-refractivity contribution in [3.05, 3.63) is 88.4 Å². The van der Waals surface area contributed by atoms with E-state index in [1.54, 1.807) is 30.3 Å². The number of hydrogen-bond acceptors (Lipinski definition) is 5. The molecule has 0 spiro atoms. The molecule has 8 nitrogen and oxygen atoms in total. The first kappa shape index (κ1) is 31.2. The summed E-state index contributed by atoms with van der Waals surface area (Å²) in [5.74, 6) is -0.272. The lowest BCUT2D eigenvalue weighted by atomic mass is 10.1. The first-order valence-corrected chi connectivity index (χ1v) is 15.4. The molecule has 0 heterocycles. The third kappa shape index (κ3) is 7.63. The highest BCUT2D eigenvalue weighted by molar-refractivity contribution is 9.10. The molecule has 0 radical (unpaired) electrons. The molecule has 2 amide bonds. The summed E-state index contributed by atoms with van der Waals surface area (Å²) in [5, 5.41) is 2.89. The summed E-state index contributed by atoms with van der Waals surface area (Å²) in [6, 6.07) is 20.0. The Morgan fingerprint density at radius 2 is 1.68 bits per heavy atom. The zero-order valence-electron chi connectivity index (χ0n) is 23.3. The molecular weight excluding hydrogens is 594 g/mol. The third-order valence-electron chi connectivity index (χ3n) is 6.44. The molecule has 0 aliphatic rings. The maximum absolute atomic E-state index is 14.0. The fraction of sp³-hybridized carbons (Fsp3) is 0.333. The van der Waals surface area contributed by atoms with E-state index >= 15 is 0 Å². The maximum Gasteiger partial charge on any atom is 0.264 e. The Morgan fingerprint density at radius 1 is 1.00 bits per heavy atom. The lowest BCUT2D eigenvalue weighted by Crippen LogP contribution is -2.52. The van der Waals surface area contributed by atoms with Gasteiger partial charge < -0.3 is 15.0 Å². The van der Waals surface area contributed by atoms with Crippen LogP contribution in [0.25, 0.3) is 0 Å². The van der Waals surface area contributed by atoms with Gasteiger partial charge in [0.25, 0.3) is 10.0 Å². The molecule has 1 N–H and O–H groups in total. The topological polar surface area (TPSA) is 96.0 Å². The molecule has 0 saturated carbocycles. The van der Waals surface area contributed by atoms with Crippen LogP contribution in [0.1, 0.15) is 37.8 Å². The second-order valence-electron chi connectivity index (χ2n) is 9.37. The van der Waals surface area contributed by atoms with Crippen molar-refractivity contribution in [3.8, 4) is 5.75 Å². The standard InChI is InChI=1S/C30H36BrN3O5S/c1-5-18-32-30(36)27(6-2)33(20-23-10-8-7-9-11-23)29(35)21-34(24-14-12-22(3)13-15-24)40(37,38)25-16-17-28(39-4)26(31)19-25/h7-17,19,27H,5-6,18,20-21H2,1-4H3,(H,32,36)/t27-/m1/s1. The van der Waals surface area contributed by atoms with E-state index in [1.165, 1.54) is 24.1 Å². The molecule has 0 aliphatic carbocycles. The smallest absolute Gasteiger partial charge is 0.264 e. The van der Waals surface area contributed by atoms with Crippen molar-refractivity contribution in [1.29, 1.82) is 0 Å². The minimum Gasteiger partial charge on any atom is -0.496 e. The van der Waals surface area contributed by atoms with E-state index in [9.17, 15) is 18.0 Å². The summed E-state index contributed by atoms with van der Waals surface area (Å²) in [7, 11) is -2.69. The van der Waals surface area contributed by atoms with Gasteiger partial charge in [0.2, 0.25) is 11.8 Å². The second-order valence-corrected chi connectivity index (χ2v) is 12.1. The molecule has 214 valence electrons. The van der Waals surface area contributed by atoms with Crippen LogP contribution in [0.5, 0.6) is 5.75 Å². The number of carbonyl (C=O) groups is 2. The normalized spacial score (nSPS) is 11.9.